The van der Waals surface area contributed by atoms with E-state index in [1.54, 1.807) is 0 Å². The van der Waals surface area contributed by atoms with Crippen LogP contribution in [0.15, 0.2) is 0 Å². The largest absolute Gasteiger partial charge is 0.308 e. The lowest BCUT2D eigenvalue weighted by molar-refractivity contribution is 0.0504. The van der Waals surface area contributed by atoms with Crippen molar-refractivity contribution in [1.82, 2.24) is 10.2 Å². The fraction of sp³-hybridized carbons (Fsp3) is 0.867. The van der Waals surface area contributed by atoms with Crippen LogP contribution in [-0.4, -0.2) is 35.6 Å². The second-order valence-corrected chi connectivity index (χ2v) is 5.86. The van der Waals surface area contributed by atoms with Crippen molar-refractivity contribution >= 4 is 0 Å². The Bertz CT molecular complexity index is 286. The van der Waals surface area contributed by atoms with Gasteiger partial charge in [-0.15, -0.1) is 12.3 Å². The van der Waals surface area contributed by atoms with Gasteiger partial charge in [-0.2, -0.15) is 0 Å². The highest BCUT2D eigenvalue weighted by molar-refractivity contribution is 5.03. The molecule has 2 aliphatic rings. The maximum absolute atomic E-state index is 5.51. The van der Waals surface area contributed by atoms with Crippen LogP contribution in [-0.2, 0) is 0 Å². The van der Waals surface area contributed by atoms with E-state index in [0.29, 0.717) is 17.6 Å². The van der Waals surface area contributed by atoms with E-state index in [9.17, 15) is 0 Å². The van der Waals surface area contributed by atoms with Gasteiger partial charge in [-0.3, -0.25) is 4.90 Å². The van der Waals surface area contributed by atoms with Crippen LogP contribution in [0.5, 0.6) is 0 Å². The lowest BCUT2D eigenvalue weighted by Gasteiger charge is -2.48. The molecule has 2 nitrogen and oxygen atoms in total. The highest BCUT2D eigenvalue weighted by atomic mass is 15.3. The highest BCUT2D eigenvalue weighted by Crippen LogP contribution is 2.34. The molecule has 2 heteroatoms. The van der Waals surface area contributed by atoms with E-state index >= 15 is 0 Å². The van der Waals surface area contributed by atoms with Crippen molar-refractivity contribution < 1.29 is 0 Å². The summed E-state index contributed by atoms with van der Waals surface area (Å²) >= 11 is 0. The molecule has 0 aromatic heterocycles. The maximum Gasteiger partial charge on any atom is 0.0309 e. The minimum atomic E-state index is 0.411. The number of nitrogens with zero attached hydrogens (tertiary/aromatic N) is 1. The average Bonchev–Trinajstić information content (AvgIpc) is 2.78. The molecule has 2 rings (SSSR count). The quantitative estimate of drug-likeness (QED) is 0.754. The Balaban J connectivity index is 2.06. The van der Waals surface area contributed by atoms with E-state index in [0.717, 1.165) is 13.0 Å². The molecule has 1 N–H and O–H groups in total. The topological polar surface area (TPSA) is 15.3 Å². The lowest BCUT2D eigenvalue weighted by Crippen LogP contribution is -2.64. The molecule has 1 aliphatic heterocycles. The fourth-order valence-electron chi connectivity index (χ4n) is 3.55. The Hall–Kier alpha value is -0.520. The third-order valence-electron chi connectivity index (χ3n) is 4.68. The first kappa shape index (κ1) is 12.9. The van der Waals surface area contributed by atoms with Crippen LogP contribution in [0.1, 0.15) is 52.4 Å². The number of piperazine rings is 1. The average molecular weight is 234 g/mol. The molecule has 1 aliphatic carbocycles. The molecule has 0 aromatic rings. The van der Waals surface area contributed by atoms with E-state index in [1.807, 2.05) is 0 Å². The third kappa shape index (κ3) is 2.67. The zero-order valence-electron chi connectivity index (χ0n) is 11.3. The van der Waals surface area contributed by atoms with E-state index < -0.39 is 0 Å². The zero-order chi connectivity index (χ0) is 12.3. The molecular formula is C15H26N2. The van der Waals surface area contributed by atoms with Gasteiger partial charge in [0.1, 0.15) is 0 Å². The van der Waals surface area contributed by atoms with Gasteiger partial charge < -0.3 is 5.32 Å². The number of hydrogen-bond donors (Lipinski definition) is 1. The summed E-state index contributed by atoms with van der Waals surface area (Å²) in [6.45, 7) is 6.92. The summed E-state index contributed by atoms with van der Waals surface area (Å²) in [5.41, 5.74) is 0.411. The van der Waals surface area contributed by atoms with Gasteiger partial charge >= 0.3 is 0 Å². The van der Waals surface area contributed by atoms with Crippen LogP contribution in [0.25, 0.3) is 0 Å². The Kier molecular flexibility index (Phi) is 4.12. The minimum absolute atomic E-state index is 0.411. The molecule has 1 spiro atoms. The number of hydrogen-bond acceptors (Lipinski definition) is 2. The molecule has 0 bridgehead atoms. The van der Waals surface area contributed by atoms with Crippen molar-refractivity contribution in [2.75, 3.05) is 13.1 Å². The van der Waals surface area contributed by atoms with Gasteiger partial charge in [0.25, 0.3) is 0 Å². The molecular weight excluding hydrogens is 208 g/mol. The van der Waals surface area contributed by atoms with Crippen molar-refractivity contribution in [3.05, 3.63) is 0 Å². The molecule has 1 saturated carbocycles. The molecule has 2 atom stereocenters. The van der Waals surface area contributed by atoms with Crippen molar-refractivity contribution in [2.45, 2.75) is 70.0 Å². The Morgan fingerprint density at radius 3 is 2.76 bits per heavy atom. The van der Waals surface area contributed by atoms with Gasteiger partial charge in [0, 0.05) is 37.1 Å². The highest BCUT2D eigenvalue weighted by Gasteiger charge is 2.41. The first-order valence-electron chi connectivity index (χ1n) is 7.15. The van der Waals surface area contributed by atoms with Crippen LogP contribution >= 0.6 is 0 Å². The summed E-state index contributed by atoms with van der Waals surface area (Å²) < 4.78 is 0. The van der Waals surface area contributed by atoms with Crippen LogP contribution in [0.2, 0.25) is 0 Å². The SMILES string of the molecule is C#CCC(CC)N1CC2(CCCC2)NCC1C. The molecule has 0 amide bonds. The summed E-state index contributed by atoms with van der Waals surface area (Å²) in [4.78, 5) is 2.67. The first-order chi connectivity index (χ1) is 8.21. The van der Waals surface area contributed by atoms with Crippen molar-refractivity contribution in [2.24, 2.45) is 0 Å². The molecule has 0 aromatic carbocycles. The van der Waals surface area contributed by atoms with Crippen LogP contribution in [0, 0.1) is 12.3 Å². The first-order valence-corrected chi connectivity index (χ1v) is 7.15. The summed E-state index contributed by atoms with van der Waals surface area (Å²) in [7, 11) is 0. The van der Waals surface area contributed by atoms with Gasteiger partial charge in [-0.25, -0.2) is 0 Å². The molecule has 1 heterocycles. The minimum Gasteiger partial charge on any atom is -0.308 e. The van der Waals surface area contributed by atoms with Crippen LogP contribution in [0.3, 0.4) is 0 Å². The second-order valence-electron chi connectivity index (χ2n) is 5.86. The zero-order valence-corrected chi connectivity index (χ0v) is 11.3. The Morgan fingerprint density at radius 1 is 1.47 bits per heavy atom. The molecule has 2 unspecified atom stereocenters. The molecule has 1 saturated heterocycles. The second kappa shape index (κ2) is 5.42. The smallest absolute Gasteiger partial charge is 0.0309 e. The van der Waals surface area contributed by atoms with Gasteiger partial charge in [-0.1, -0.05) is 19.8 Å². The van der Waals surface area contributed by atoms with Crippen molar-refractivity contribution in [1.29, 1.82) is 0 Å². The summed E-state index contributed by atoms with van der Waals surface area (Å²) in [6, 6.07) is 1.20. The van der Waals surface area contributed by atoms with E-state index in [4.69, 9.17) is 6.42 Å². The van der Waals surface area contributed by atoms with Crippen LogP contribution < -0.4 is 5.32 Å². The van der Waals surface area contributed by atoms with Crippen molar-refractivity contribution in [3.63, 3.8) is 0 Å². The molecule has 0 radical (unpaired) electrons. The summed E-state index contributed by atoms with van der Waals surface area (Å²) in [6.07, 6.45) is 13.1. The molecule has 17 heavy (non-hydrogen) atoms. The van der Waals surface area contributed by atoms with Crippen LogP contribution in [0.4, 0.5) is 0 Å². The third-order valence-corrected chi connectivity index (χ3v) is 4.68. The Morgan fingerprint density at radius 2 is 2.18 bits per heavy atom. The van der Waals surface area contributed by atoms with Gasteiger partial charge in [0.15, 0.2) is 0 Å². The summed E-state index contributed by atoms with van der Waals surface area (Å²) in [5.74, 6) is 2.85. The maximum atomic E-state index is 5.51. The van der Waals surface area contributed by atoms with E-state index in [2.05, 4.69) is 30.0 Å². The predicted molar refractivity (Wildman–Crippen MR) is 72.9 cm³/mol. The monoisotopic (exact) mass is 234 g/mol. The van der Waals surface area contributed by atoms with E-state index in [-0.39, 0.29) is 0 Å². The molecule has 2 fully saturated rings. The van der Waals surface area contributed by atoms with Gasteiger partial charge in [0.2, 0.25) is 0 Å². The Labute approximate surface area is 106 Å². The van der Waals surface area contributed by atoms with Crippen molar-refractivity contribution in [3.8, 4) is 12.3 Å². The predicted octanol–water partition coefficient (Wildman–Crippen LogP) is 2.39. The number of nitrogens with one attached hydrogen (secondary N) is 1. The lowest BCUT2D eigenvalue weighted by atomic mass is 9.90. The van der Waals surface area contributed by atoms with E-state index in [1.165, 1.54) is 38.6 Å². The van der Waals surface area contributed by atoms with Gasteiger partial charge in [0.05, 0.1) is 0 Å². The number of terminal acetylenes is 1. The normalized spacial score (nSPS) is 30.3. The summed E-state index contributed by atoms with van der Waals surface area (Å²) in [5, 5.41) is 3.80. The fourth-order valence-corrected chi connectivity index (χ4v) is 3.55. The number of rotatable bonds is 3. The molecule has 96 valence electrons. The van der Waals surface area contributed by atoms with Gasteiger partial charge in [-0.05, 0) is 26.2 Å². The standard InChI is InChI=1S/C15H26N2/c1-4-8-14(5-2)17-12-15(9-6-7-10-15)16-11-13(17)3/h1,13-14,16H,5-12H2,2-3H3.